The molecule has 2 aromatic carbocycles. The van der Waals surface area contributed by atoms with Crippen LogP contribution in [-0.4, -0.2) is 59.7 Å². The Morgan fingerprint density at radius 2 is 1.89 bits per heavy atom. The second-order valence-corrected chi connectivity index (χ2v) is 10.5. The van der Waals surface area contributed by atoms with E-state index in [-0.39, 0.29) is 0 Å². The minimum atomic E-state index is 0.807. The average Bonchev–Trinajstić information content (AvgIpc) is 2.83. The number of anilines is 2. The first kappa shape index (κ1) is 27.6. The summed E-state index contributed by atoms with van der Waals surface area (Å²) in [5.74, 6) is 0. The molecule has 0 spiro atoms. The zero-order valence-electron chi connectivity index (χ0n) is 20.5. The van der Waals surface area contributed by atoms with Crippen molar-refractivity contribution in [2.45, 2.75) is 31.1 Å². The lowest BCUT2D eigenvalue weighted by atomic mass is 10.1. The van der Waals surface area contributed by atoms with Crippen molar-refractivity contribution in [1.29, 1.82) is 0 Å². The zero-order chi connectivity index (χ0) is 25.0. The van der Waals surface area contributed by atoms with Gasteiger partial charge in [-0.2, -0.15) is 0 Å². The quantitative estimate of drug-likeness (QED) is 0.0779. The third kappa shape index (κ3) is 9.86. The second-order valence-electron chi connectivity index (χ2n) is 8.68. The van der Waals surface area contributed by atoms with Crippen molar-refractivity contribution in [1.82, 2.24) is 9.37 Å². The molecule has 0 aromatic heterocycles. The standard InChI is InChI=1S/C27H35ClN4OS2/c1-22-18-24(28)20-26(19-22)31-14-16-32(17-15-31)35-27-10-8-25(9-11-27)29-12-4-3-6-23(21-34)7-5-13-30(2)33/h5,7-11,13,18-21,29,33H,3-4,6,12,14-17H2,1-2H3/b13-5-,23-7-. The zero-order valence-corrected chi connectivity index (χ0v) is 22.9. The van der Waals surface area contributed by atoms with E-state index in [1.165, 1.54) is 16.1 Å². The molecule has 0 aliphatic carbocycles. The molecule has 1 fully saturated rings. The molecule has 0 atom stereocenters. The van der Waals surface area contributed by atoms with Crippen molar-refractivity contribution in [2.75, 3.05) is 50.0 Å². The highest BCUT2D eigenvalue weighted by Gasteiger charge is 2.18. The fourth-order valence-electron chi connectivity index (χ4n) is 3.88. The summed E-state index contributed by atoms with van der Waals surface area (Å²) in [5.41, 5.74) is 4.67. The van der Waals surface area contributed by atoms with Gasteiger partial charge in [-0.25, -0.2) is 4.31 Å². The van der Waals surface area contributed by atoms with Crippen LogP contribution in [0.25, 0.3) is 0 Å². The van der Waals surface area contributed by atoms with Crippen LogP contribution in [0.1, 0.15) is 24.8 Å². The molecule has 188 valence electrons. The first-order valence-corrected chi connectivity index (χ1v) is 13.6. The van der Waals surface area contributed by atoms with Crippen molar-refractivity contribution < 1.29 is 5.21 Å². The van der Waals surface area contributed by atoms with E-state index in [2.05, 4.69) is 57.8 Å². The third-order valence-electron chi connectivity index (χ3n) is 5.70. The fraction of sp³-hybridized carbons (Fsp3) is 0.370. The van der Waals surface area contributed by atoms with E-state index in [4.69, 9.17) is 29.0 Å². The molecule has 5 nitrogen and oxygen atoms in total. The molecule has 0 radical (unpaired) electrons. The number of hydrogen-bond donors (Lipinski definition) is 2. The largest absolute Gasteiger partial charge is 0.385 e. The molecule has 2 aromatic rings. The Labute approximate surface area is 224 Å². The number of thiocarbonyl (C=S) groups is 1. The molecule has 0 saturated carbocycles. The Morgan fingerprint density at radius 1 is 1.14 bits per heavy atom. The number of nitrogens with zero attached hydrogens (tertiary/aromatic N) is 3. The Balaban J connectivity index is 1.35. The van der Waals surface area contributed by atoms with Crippen molar-refractivity contribution in [2.24, 2.45) is 0 Å². The van der Waals surface area contributed by atoms with Crippen LogP contribution in [0.15, 0.2) is 71.3 Å². The molecule has 1 aliphatic rings. The number of unbranched alkanes of at least 4 members (excludes halogenated alkanes) is 1. The number of rotatable bonds is 12. The number of benzene rings is 2. The minimum absolute atomic E-state index is 0.807. The molecule has 1 heterocycles. The predicted molar refractivity (Wildman–Crippen MR) is 155 cm³/mol. The van der Waals surface area contributed by atoms with Crippen LogP contribution < -0.4 is 10.2 Å². The lowest BCUT2D eigenvalue weighted by molar-refractivity contribution is -0.0128. The van der Waals surface area contributed by atoms with Gasteiger partial charge in [0.2, 0.25) is 0 Å². The second kappa shape index (κ2) is 14.5. The first-order chi connectivity index (χ1) is 16.9. The maximum atomic E-state index is 9.12. The number of piperazine rings is 1. The van der Waals surface area contributed by atoms with Crippen LogP contribution in [0.5, 0.6) is 0 Å². The normalized spacial score (nSPS) is 15.0. The number of nitrogens with one attached hydrogen (secondary N) is 1. The highest BCUT2D eigenvalue weighted by Crippen LogP contribution is 2.28. The monoisotopic (exact) mass is 530 g/mol. The van der Waals surface area contributed by atoms with Gasteiger partial charge in [0, 0.05) is 72.6 Å². The van der Waals surface area contributed by atoms with E-state index in [1.54, 1.807) is 24.7 Å². The van der Waals surface area contributed by atoms with E-state index in [1.807, 2.05) is 24.1 Å². The topological polar surface area (TPSA) is 42.0 Å². The molecule has 0 amide bonds. The van der Waals surface area contributed by atoms with E-state index in [0.717, 1.165) is 73.3 Å². The smallest absolute Gasteiger partial charge is 0.0429 e. The van der Waals surface area contributed by atoms with Gasteiger partial charge in [0.25, 0.3) is 0 Å². The van der Waals surface area contributed by atoms with Crippen LogP contribution in [0.4, 0.5) is 11.4 Å². The lowest BCUT2D eigenvalue weighted by Gasteiger charge is -2.35. The summed E-state index contributed by atoms with van der Waals surface area (Å²) >= 11 is 13.2. The van der Waals surface area contributed by atoms with E-state index < -0.39 is 0 Å². The van der Waals surface area contributed by atoms with Gasteiger partial charge < -0.3 is 10.2 Å². The van der Waals surface area contributed by atoms with Gasteiger partial charge in [-0.3, -0.25) is 10.3 Å². The number of aryl methyl sites for hydroxylation is 1. The van der Waals surface area contributed by atoms with Crippen LogP contribution in [0, 0.1) is 6.92 Å². The highest BCUT2D eigenvalue weighted by molar-refractivity contribution is 7.97. The summed E-state index contributed by atoms with van der Waals surface area (Å²) in [6, 6.07) is 15.0. The van der Waals surface area contributed by atoms with Gasteiger partial charge in [0.15, 0.2) is 0 Å². The van der Waals surface area contributed by atoms with Crippen LogP contribution in [-0.2, 0) is 0 Å². The van der Waals surface area contributed by atoms with Crippen LogP contribution >= 0.6 is 35.8 Å². The van der Waals surface area contributed by atoms with Gasteiger partial charge in [0.1, 0.15) is 0 Å². The molecule has 0 unspecified atom stereocenters. The van der Waals surface area contributed by atoms with Crippen molar-refractivity contribution in [3.8, 4) is 0 Å². The maximum Gasteiger partial charge on any atom is 0.0429 e. The molecule has 1 saturated heterocycles. The van der Waals surface area contributed by atoms with Gasteiger partial charge in [-0.05, 0) is 97.8 Å². The number of halogens is 1. The molecule has 8 heteroatoms. The maximum absolute atomic E-state index is 9.12. The van der Waals surface area contributed by atoms with Crippen molar-refractivity contribution in [3.63, 3.8) is 0 Å². The van der Waals surface area contributed by atoms with E-state index in [9.17, 15) is 0 Å². The summed E-state index contributed by atoms with van der Waals surface area (Å²) in [7, 11) is 1.57. The highest BCUT2D eigenvalue weighted by atomic mass is 35.5. The van der Waals surface area contributed by atoms with Crippen LogP contribution in [0.3, 0.4) is 0 Å². The Kier molecular flexibility index (Phi) is 11.4. The molecule has 2 N–H and O–H groups in total. The average molecular weight is 531 g/mol. The van der Waals surface area contributed by atoms with E-state index in [0.29, 0.717) is 0 Å². The fourth-order valence-corrected chi connectivity index (χ4v) is 5.26. The minimum Gasteiger partial charge on any atom is -0.385 e. The molecule has 3 rings (SSSR count). The van der Waals surface area contributed by atoms with Crippen LogP contribution in [0.2, 0.25) is 5.02 Å². The molecular formula is C27H35ClN4OS2. The summed E-state index contributed by atoms with van der Waals surface area (Å²) in [6.07, 6.45) is 8.40. The predicted octanol–water partition coefficient (Wildman–Crippen LogP) is 6.82. The first-order valence-electron chi connectivity index (χ1n) is 12.0. The number of allylic oxidation sites excluding steroid dienone is 3. The Hall–Kier alpha value is -2.03. The van der Waals surface area contributed by atoms with Crippen molar-refractivity contribution >= 4 is 52.5 Å². The molecule has 1 aliphatic heterocycles. The van der Waals surface area contributed by atoms with Gasteiger partial charge in [0.05, 0.1) is 0 Å². The molecule has 0 bridgehead atoms. The third-order valence-corrected chi connectivity index (χ3v) is 7.33. The summed E-state index contributed by atoms with van der Waals surface area (Å²) in [6.45, 7) is 7.05. The molecule has 35 heavy (non-hydrogen) atoms. The number of hydrogen-bond acceptors (Lipinski definition) is 7. The number of hydroxylamine groups is 2. The van der Waals surface area contributed by atoms with Gasteiger partial charge in [-0.1, -0.05) is 29.9 Å². The lowest BCUT2D eigenvalue weighted by Crippen LogP contribution is -2.43. The summed E-state index contributed by atoms with van der Waals surface area (Å²) in [5, 5.41) is 16.2. The Bertz CT molecular complexity index is 982. The summed E-state index contributed by atoms with van der Waals surface area (Å²) in [4.78, 5) is 3.68. The molecular weight excluding hydrogens is 496 g/mol. The van der Waals surface area contributed by atoms with Crippen molar-refractivity contribution in [3.05, 3.63) is 77.0 Å². The SMILES string of the molecule is Cc1cc(Cl)cc(N2CCN(Sc3ccc(NCCCC/C(C=S)=C/C=C\N(C)O)cc3)CC2)c1. The van der Waals surface area contributed by atoms with E-state index >= 15 is 0 Å². The van der Waals surface area contributed by atoms with Gasteiger partial charge >= 0.3 is 0 Å². The van der Waals surface area contributed by atoms with Gasteiger partial charge in [-0.15, -0.1) is 0 Å². The summed E-state index contributed by atoms with van der Waals surface area (Å²) < 4.78 is 2.44. The Morgan fingerprint density at radius 3 is 2.54 bits per heavy atom.